The topological polar surface area (TPSA) is 88.8 Å². The fraction of sp³-hybridized carbons (Fsp3) is 0.833. The second kappa shape index (κ2) is 10.2. The van der Waals surface area contributed by atoms with Crippen molar-refractivity contribution in [1.29, 1.82) is 0 Å². The summed E-state index contributed by atoms with van der Waals surface area (Å²) in [6.45, 7) is 5.12. The van der Waals surface area contributed by atoms with Gasteiger partial charge in [0.1, 0.15) is 12.4 Å². The number of aliphatic imine (C=N–C) groups is 1. The van der Waals surface area contributed by atoms with Crippen molar-refractivity contribution < 1.29 is 9.47 Å². The Morgan fingerprint density at radius 2 is 2.25 bits per heavy atom. The third kappa shape index (κ3) is 5.14. The zero-order valence-electron chi connectivity index (χ0n) is 16.8. The molecule has 0 spiro atoms. The molecule has 158 valence electrons. The Hall–Kier alpha value is -0.980. The summed E-state index contributed by atoms with van der Waals surface area (Å²) >= 11 is 0. The first-order valence-electron chi connectivity index (χ1n) is 9.99. The van der Waals surface area contributed by atoms with Gasteiger partial charge < -0.3 is 20.1 Å². The summed E-state index contributed by atoms with van der Waals surface area (Å²) in [7, 11) is 3.48. The Labute approximate surface area is 183 Å². The first-order valence-corrected chi connectivity index (χ1v) is 9.99. The van der Waals surface area contributed by atoms with Crippen LogP contribution in [0.3, 0.4) is 0 Å². The number of morpholine rings is 1. The summed E-state index contributed by atoms with van der Waals surface area (Å²) in [5.74, 6) is 2.62. The number of methoxy groups -OCH3 is 1. The Bertz CT molecular complexity index is 668. The average molecular weight is 505 g/mol. The molecule has 2 saturated heterocycles. The first kappa shape index (κ1) is 21.7. The van der Waals surface area contributed by atoms with E-state index < -0.39 is 0 Å². The van der Waals surface area contributed by atoms with E-state index in [0.717, 1.165) is 56.7 Å². The number of hydrogen-bond acceptors (Lipinski definition) is 6. The van der Waals surface area contributed by atoms with E-state index in [1.165, 1.54) is 19.4 Å². The van der Waals surface area contributed by atoms with E-state index in [2.05, 4.69) is 30.6 Å². The van der Waals surface area contributed by atoms with Crippen molar-refractivity contribution in [3.8, 4) is 0 Å². The molecule has 3 aliphatic heterocycles. The lowest BCUT2D eigenvalue weighted by atomic mass is 10.1. The quantitative estimate of drug-likeness (QED) is 0.340. The minimum atomic E-state index is 0. The standard InChI is InChI=1S/C18H31N7O2.HI/c1-19-18(20-8-15-10-24-7-3-4-14(24)11-27-15)21-13-5-6-17-22-16(12-26-2)23-25(17)9-13;/h13-15H,3-12H2,1-2H3,(H2,19,20,21);1H. The Morgan fingerprint density at radius 1 is 1.36 bits per heavy atom. The first-order chi connectivity index (χ1) is 13.2. The number of ether oxygens (including phenoxy) is 2. The average Bonchev–Trinajstić information content (AvgIpc) is 3.30. The largest absolute Gasteiger partial charge is 0.377 e. The number of guanidine groups is 1. The number of aryl methyl sites for hydroxylation is 1. The van der Waals surface area contributed by atoms with Crippen molar-refractivity contribution in [3.05, 3.63) is 11.6 Å². The third-order valence-corrected chi connectivity index (χ3v) is 5.70. The highest BCUT2D eigenvalue weighted by atomic mass is 127. The molecule has 3 aliphatic rings. The van der Waals surface area contributed by atoms with Crippen LogP contribution < -0.4 is 10.6 Å². The van der Waals surface area contributed by atoms with Gasteiger partial charge in [0, 0.05) is 45.8 Å². The molecule has 28 heavy (non-hydrogen) atoms. The monoisotopic (exact) mass is 505 g/mol. The van der Waals surface area contributed by atoms with Gasteiger partial charge >= 0.3 is 0 Å². The van der Waals surface area contributed by atoms with E-state index >= 15 is 0 Å². The molecule has 0 radical (unpaired) electrons. The maximum absolute atomic E-state index is 6.03. The van der Waals surface area contributed by atoms with Crippen LogP contribution >= 0.6 is 24.0 Å². The number of nitrogens with one attached hydrogen (secondary N) is 2. The van der Waals surface area contributed by atoms with Crippen molar-refractivity contribution in [2.75, 3.05) is 40.4 Å². The lowest BCUT2D eigenvalue weighted by Crippen LogP contribution is -2.53. The van der Waals surface area contributed by atoms with Crippen molar-refractivity contribution in [1.82, 2.24) is 30.3 Å². The molecule has 1 aromatic heterocycles. The second-order valence-corrected chi connectivity index (χ2v) is 7.64. The Balaban J connectivity index is 0.00000225. The summed E-state index contributed by atoms with van der Waals surface area (Å²) in [5.41, 5.74) is 0. The van der Waals surface area contributed by atoms with E-state index in [-0.39, 0.29) is 36.1 Å². The fourth-order valence-corrected chi connectivity index (χ4v) is 4.28. The van der Waals surface area contributed by atoms with Gasteiger partial charge in [-0.15, -0.1) is 24.0 Å². The van der Waals surface area contributed by atoms with Gasteiger partial charge in [0.05, 0.1) is 19.3 Å². The molecule has 3 atom stereocenters. The summed E-state index contributed by atoms with van der Waals surface area (Å²) in [4.78, 5) is 11.5. The Morgan fingerprint density at radius 3 is 3.07 bits per heavy atom. The van der Waals surface area contributed by atoms with E-state index in [4.69, 9.17) is 9.47 Å². The third-order valence-electron chi connectivity index (χ3n) is 5.70. The van der Waals surface area contributed by atoms with Gasteiger partial charge in [0.25, 0.3) is 0 Å². The van der Waals surface area contributed by atoms with E-state index in [9.17, 15) is 0 Å². The van der Waals surface area contributed by atoms with Crippen LogP contribution in [-0.4, -0.2) is 84.2 Å². The van der Waals surface area contributed by atoms with Crippen molar-refractivity contribution in [3.63, 3.8) is 0 Å². The molecule has 0 bridgehead atoms. The maximum atomic E-state index is 6.03. The molecule has 0 saturated carbocycles. The normalized spacial score (nSPS) is 27.6. The molecule has 3 unspecified atom stereocenters. The second-order valence-electron chi connectivity index (χ2n) is 7.64. The lowest BCUT2D eigenvalue weighted by Gasteiger charge is -2.35. The van der Waals surface area contributed by atoms with Crippen LogP contribution in [0.15, 0.2) is 4.99 Å². The summed E-state index contributed by atoms with van der Waals surface area (Å²) in [6.07, 6.45) is 4.73. The minimum Gasteiger partial charge on any atom is -0.377 e. The highest BCUT2D eigenvalue weighted by molar-refractivity contribution is 14.0. The predicted molar refractivity (Wildman–Crippen MR) is 117 cm³/mol. The number of rotatable bonds is 5. The summed E-state index contributed by atoms with van der Waals surface area (Å²) in [6, 6.07) is 0.928. The van der Waals surface area contributed by atoms with Gasteiger partial charge in [-0.2, -0.15) is 5.10 Å². The van der Waals surface area contributed by atoms with Crippen LogP contribution in [0, 0.1) is 0 Å². The van der Waals surface area contributed by atoms with E-state index in [1.807, 2.05) is 11.7 Å². The lowest BCUT2D eigenvalue weighted by molar-refractivity contribution is -0.0453. The van der Waals surface area contributed by atoms with Crippen molar-refractivity contribution >= 4 is 29.9 Å². The maximum Gasteiger partial charge on any atom is 0.191 e. The van der Waals surface area contributed by atoms with E-state index in [0.29, 0.717) is 12.6 Å². The van der Waals surface area contributed by atoms with Gasteiger partial charge in [-0.25, -0.2) is 9.67 Å². The zero-order chi connectivity index (χ0) is 18.6. The van der Waals surface area contributed by atoms with Gasteiger partial charge in [-0.1, -0.05) is 0 Å². The molecule has 1 aromatic rings. The highest BCUT2D eigenvalue weighted by Gasteiger charge is 2.32. The molecule has 4 heterocycles. The van der Waals surface area contributed by atoms with Crippen LogP contribution in [-0.2, 0) is 29.0 Å². The number of aromatic nitrogens is 3. The predicted octanol–water partition coefficient (Wildman–Crippen LogP) is 0.386. The molecule has 2 fully saturated rings. The van der Waals surface area contributed by atoms with E-state index in [1.54, 1.807) is 7.11 Å². The number of fused-ring (bicyclic) bond motifs is 2. The van der Waals surface area contributed by atoms with Gasteiger partial charge in [-0.05, 0) is 25.8 Å². The number of hydrogen-bond donors (Lipinski definition) is 2. The number of nitrogens with zero attached hydrogens (tertiary/aromatic N) is 5. The van der Waals surface area contributed by atoms with Gasteiger partial charge in [0.2, 0.25) is 0 Å². The molecule has 9 nitrogen and oxygen atoms in total. The van der Waals surface area contributed by atoms with Crippen LogP contribution in [0.1, 0.15) is 30.9 Å². The molecule has 2 N–H and O–H groups in total. The molecule has 0 aliphatic carbocycles. The SMILES string of the molecule is CN=C(NCC1CN2CCCC2CO1)NC1CCc2nc(COC)nn2C1.I. The zero-order valence-corrected chi connectivity index (χ0v) is 19.1. The van der Waals surface area contributed by atoms with Crippen molar-refractivity contribution in [2.45, 2.75) is 57.0 Å². The Kier molecular flexibility index (Phi) is 7.89. The van der Waals surface area contributed by atoms with Gasteiger partial charge in [-0.3, -0.25) is 9.89 Å². The van der Waals surface area contributed by atoms with Crippen LogP contribution in [0.5, 0.6) is 0 Å². The van der Waals surface area contributed by atoms with Gasteiger partial charge in [0.15, 0.2) is 11.8 Å². The minimum absolute atomic E-state index is 0. The van der Waals surface area contributed by atoms with Crippen LogP contribution in [0.4, 0.5) is 0 Å². The molecule has 10 heteroatoms. The highest BCUT2D eigenvalue weighted by Crippen LogP contribution is 2.22. The molecule has 0 aromatic carbocycles. The summed E-state index contributed by atoms with van der Waals surface area (Å²) < 4.78 is 13.1. The number of halogens is 1. The molecular formula is C18H32IN7O2. The molecule has 4 rings (SSSR count). The molecular weight excluding hydrogens is 473 g/mol. The van der Waals surface area contributed by atoms with Crippen LogP contribution in [0.25, 0.3) is 0 Å². The smallest absolute Gasteiger partial charge is 0.191 e. The summed E-state index contributed by atoms with van der Waals surface area (Å²) in [5, 5.41) is 11.5. The van der Waals surface area contributed by atoms with Crippen molar-refractivity contribution in [2.24, 2.45) is 4.99 Å². The molecule has 0 amide bonds. The fourth-order valence-electron chi connectivity index (χ4n) is 4.28. The van der Waals surface area contributed by atoms with Crippen LogP contribution in [0.2, 0.25) is 0 Å².